The Morgan fingerprint density at radius 3 is 1.89 bits per heavy atom. The molecule has 0 aromatic heterocycles. The second-order valence-electron chi connectivity index (χ2n) is 4.22. The number of benzene rings is 2. The smallest absolute Gasteiger partial charge is 0.196 e. The summed E-state index contributed by atoms with van der Waals surface area (Å²) < 4.78 is 0. The largest absolute Gasteiger partial charge is 0.370 e. The normalized spacial score (nSPS) is 14.7. The van der Waals surface area contributed by atoms with E-state index in [1.807, 2.05) is 18.2 Å². The van der Waals surface area contributed by atoms with E-state index in [9.17, 15) is 15.6 Å². The van der Waals surface area contributed by atoms with Gasteiger partial charge in [0.15, 0.2) is 5.60 Å². The van der Waals surface area contributed by atoms with Crippen molar-refractivity contribution in [1.29, 1.82) is 10.5 Å². The van der Waals surface area contributed by atoms with Gasteiger partial charge >= 0.3 is 0 Å². The molecule has 0 aliphatic carbocycles. The fourth-order valence-electron chi connectivity index (χ4n) is 2.04. The topological polar surface area (TPSA) is 67.8 Å². The molecule has 1 N–H and O–H groups in total. The Kier molecular flexibility index (Phi) is 3.61. The van der Waals surface area contributed by atoms with E-state index >= 15 is 0 Å². The van der Waals surface area contributed by atoms with Crippen molar-refractivity contribution in [3.63, 3.8) is 0 Å². The molecular weight excluding hydrogens is 236 g/mol. The van der Waals surface area contributed by atoms with Gasteiger partial charge in [0.1, 0.15) is 12.0 Å². The fraction of sp³-hybridized carbons (Fsp3) is 0.125. The minimum absolute atomic E-state index is 0.424. The third kappa shape index (κ3) is 2.33. The molecule has 0 fully saturated rings. The van der Waals surface area contributed by atoms with Gasteiger partial charge in [-0.15, -0.1) is 0 Å². The summed E-state index contributed by atoms with van der Waals surface area (Å²) in [5.74, 6) is -0.930. The van der Waals surface area contributed by atoms with Crippen LogP contribution in [0.15, 0.2) is 60.7 Å². The van der Waals surface area contributed by atoms with E-state index in [0.29, 0.717) is 11.1 Å². The summed E-state index contributed by atoms with van der Waals surface area (Å²) >= 11 is 0. The summed E-state index contributed by atoms with van der Waals surface area (Å²) in [6, 6.07) is 21.3. The molecule has 0 saturated heterocycles. The average Bonchev–Trinajstić information content (AvgIpc) is 2.49. The third-order valence-corrected chi connectivity index (χ3v) is 3.06. The molecule has 0 saturated carbocycles. The zero-order valence-electron chi connectivity index (χ0n) is 10.2. The van der Waals surface area contributed by atoms with E-state index in [4.69, 9.17) is 0 Å². The van der Waals surface area contributed by atoms with Gasteiger partial charge in [0.2, 0.25) is 0 Å². The Morgan fingerprint density at radius 1 is 0.895 bits per heavy atom. The van der Waals surface area contributed by atoms with Crippen LogP contribution in [0.1, 0.15) is 17.0 Å². The van der Waals surface area contributed by atoms with Crippen molar-refractivity contribution in [2.45, 2.75) is 11.5 Å². The van der Waals surface area contributed by atoms with Crippen LogP contribution in [0.4, 0.5) is 0 Å². The quantitative estimate of drug-likeness (QED) is 0.849. The van der Waals surface area contributed by atoms with Gasteiger partial charge in [-0.3, -0.25) is 0 Å². The van der Waals surface area contributed by atoms with E-state index < -0.39 is 11.5 Å². The summed E-state index contributed by atoms with van der Waals surface area (Å²) in [5.41, 5.74) is -0.803. The summed E-state index contributed by atoms with van der Waals surface area (Å²) in [5, 5.41) is 29.3. The van der Waals surface area contributed by atoms with Crippen molar-refractivity contribution in [1.82, 2.24) is 0 Å². The van der Waals surface area contributed by atoms with Crippen molar-refractivity contribution in [2.75, 3.05) is 0 Å². The fourth-order valence-corrected chi connectivity index (χ4v) is 2.04. The van der Waals surface area contributed by atoms with Gasteiger partial charge in [-0.25, -0.2) is 0 Å². The Labute approximate surface area is 112 Å². The zero-order chi connectivity index (χ0) is 13.7. The Bertz CT molecular complexity index is 625. The standard InChI is InChI=1S/C16H12N2O/c17-11-15(13-7-3-1-4-8-13)16(19,12-18)14-9-5-2-6-10-14/h1-10,15,19H. The maximum absolute atomic E-state index is 10.6. The van der Waals surface area contributed by atoms with Crippen LogP contribution in [0, 0.1) is 22.7 Å². The highest BCUT2D eigenvalue weighted by Crippen LogP contribution is 2.35. The predicted octanol–water partition coefficient (Wildman–Crippen LogP) is 2.71. The first-order valence-corrected chi connectivity index (χ1v) is 5.86. The van der Waals surface area contributed by atoms with Crippen molar-refractivity contribution in [3.05, 3.63) is 71.8 Å². The molecule has 2 aromatic rings. The van der Waals surface area contributed by atoms with Crippen molar-refractivity contribution in [2.24, 2.45) is 0 Å². The number of hydrogen-bond donors (Lipinski definition) is 1. The van der Waals surface area contributed by atoms with Gasteiger partial charge in [-0.1, -0.05) is 60.7 Å². The van der Waals surface area contributed by atoms with Gasteiger partial charge in [0.25, 0.3) is 0 Å². The molecule has 19 heavy (non-hydrogen) atoms. The summed E-state index contributed by atoms with van der Waals surface area (Å²) in [4.78, 5) is 0. The van der Waals surface area contributed by atoms with E-state index in [1.54, 1.807) is 54.6 Å². The van der Waals surface area contributed by atoms with Crippen molar-refractivity contribution >= 4 is 0 Å². The molecule has 2 rings (SSSR count). The van der Waals surface area contributed by atoms with Gasteiger partial charge in [0, 0.05) is 0 Å². The molecule has 2 atom stereocenters. The molecule has 0 spiro atoms. The Balaban J connectivity index is 2.53. The second kappa shape index (κ2) is 5.35. The average molecular weight is 248 g/mol. The maximum atomic E-state index is 10.6. The molecule has 92 valence electrons. The number of rotatable bonds is 3. The number of nitrogens with zero attached hydrogens (tertiary/aromatic N) is 2. The van der Waals surface area contributed by atoms with E-state index in [-0.39, 0.29) is 0 Å². The van der Waals surface area contributed by atoms with Crippen molar-refractivity contribution < 1.29 is 5.11 Å². The summed E-state index contributed by atoms with van der Waals surface area (Å²) in [7, 11) is 0. The van der Waals surface area contributed by atoms with Gasteiger partial charge in [0.05, 0.1) is 6.07 Å². The molecule has 0 bridgehead atoms. The number of nitriles is 2. The molecule has 0 radical (unpaired) electrons. The molecule has 0 aliphatic rings. The van der Waals surface area contributed by atoms with Crippen LogP contribution < -0.4 is 0 Å². The zero-order valence-corrected chi connectivity index (χ0v) is 10.2. The first-order valence-electron chi connectivity index (χ1n) is 5.86. The van der Waals surface area contributed by atoms with E-state index in [1.165, 1.54) is 0 Å². The lowest BCUT2D eigenvalue weighted by atomic mass is 9.79. The molecule has 0 heterocycles. The molecule has 3 heteroatoms. The molecule has 0 aliphatic heterocycles. The van der Waals surface area contributed by atoms with Crippen LogP contribution in [0.2, 0.25) is 0 Å². The van der Waals surface area contributed by atoms with Crippen LogP contribution in [-0.4, -0.2) is 5.11 Å². The minimum atomic E-state index is -1.85. The molecular formula is C16H12N2O. The monoisotopic (exact) mass is 248 g/mol. The van der Waals surface area contributed by atoms with Crippen LogP contribution in [0.3, 0.4) is 0 Å². The number of hydrogen-bond acceptors (Lipinski definition) is 3. The molecule has 2 unspecified atom stereocenters. The van der Waals surface area contributed by atoms with E-state index in [2.05, 4.69) is 0 Å². The van der Waals surface area contributed by atoms with Gasteiger partial charge < -0.3 is 5.11 Å². The highest BCUT2D eigenvalue weighted by molar-refractivity contribution is 5.40. The predicted molar refractivity (Wildman–Crippen MR) is 70.7 cm³/mol. The second-order valence-corrected chi connectivity index (χ2v) is 4.22. The van der Waals surface area contributed by atoms with Gasteiger partial charge in [-0.05, 0) is 11.1 Å². The summed E-state index contributed by atoms with van der Waals surface area (Å²) in [6.45, 7) is 0. The van der Waals surface area contributed by atoms with Crippen LogP contribution in [0.25, 0.3) is 0 Å². The number of aliphatic hydroxyl groups is 1. The van der Waals surface area contributed by atoms with Gasteiger partial charge in [-0.2, -0.15) is 10.5 Å². The minimum Gasteiger partial charge on any atom is -0.370 e. The molecule has 2 aromatic carbocycles. The van der Waals surface area contributed by atoms with E-state index in [0.717, 1.165) is 0 Å². The maximum Gasteiger partial charge on any atom is 0.196 e. The third-order valence-electron chi connectivity index (χ3n) is 3.06. The Hall–Kier alpha value is -2.62. The first-order chi connectivity index (χ1) is 9.22. The van der Waals surface area contributed by atoms with Crippen LogP contribution in [-0.2, 0) is 5.60 Å². The highest BCUT2D eigenvalue weighted by Gasteiger charge is 2.40. The van der Waals surface area contributed by atoms with Crippen LogP contribution in [0.5, 0.6) is 0 Å². The highest BCUT2D eigenvalue weighted by atomic mass is 16.3. The van der Waals surface area contributed by atoms with Crippen LogP contribution >= 0.6 is 0 Å². The SMILES string of the molecule is N#CC(c1ccccc1)C(O)(C#N)c1ccccc1. The summed E-state index contributed by atoms with van der Waals surface area (Å²) in [6.07, 6.45) is 0. The van der Waals surface area contributed by atoms with Crippen molar-refractivity contribution in [3.8, 4) is 12.1 Å². The lowest BCUT2D eigenvalue weighted by molar-refractivity contribution is 0.0841. The molecule has 0 amide bonds. The lowest BCUT2D eigenvalue weighted by Crippen LogP contribution is -2.31. The first kappa shape index (κ1) is 12.8. The molecule has 3 nitrogen and oxygen atoms in total. The lowest BCUT2D eigenvalue weighted by Gasteiger charge is -2.26. The Morgan fingerprint density at radius 2 is 1.42 bits per heavy atom.